The van der Waals surface area contributed by atoms with Crippen molar-refractivity contribution < 1.29 is 19.0 Å². The van der Waals surface area contributed by atoms with E-state index in [4.69, 9.17) is 25.8 Å². The van der Waals surface area contributed by atoms with Crippen LogP contribution < -0.4 is 14.8 Å². The highest BCUT2D eigenvalue weighted by Gasteiger charge is 2.32. The number of hydrogen-bond donors (Lipinski definition) is 1. The quantitative estimate of drug-likeness (QED) is 0.677. The zero-order valence-electron chi connectivity index (χ0n) is 15.5. The summed E-state index contributed by atoms with van der Waals surface area (Å²) >= 11 is 5.89. The van der Waals surface area contributed by atoms with Gasteiger partial charge < -0.3 is 19.5 Å². The summed E-state index contributed by atoms with van der Waals surface area (Å²) in [6.07, 6.45) is 0. The molecule has 140 valence electrons. The van der Waals surface area contributed by atoms with E-state index in [0.29, 0.717) is 29.7 Å². The number of nitrogens with one attached hydrogen (secondary N) is 1. The molecule has 0 radical (unpaired) electrons. The van der Waals surface area contributed by atoms with Gasteiger partial charge in [0.25, 0.3) is 0 Å². The van der Waals surface area contributed by atoms with Gasteiger partial charge in [-0.2, -0.15) is 0 Å². The number of methoxy groups -OCH3 is 1. The van der Waals surface area contributed by atoms with E-state index in [0.717, 1.165) is 11.3 Å². The van der Waals surface area contributed by atoms with Gasteiger partial charge in [0.05, 0.1) is 13.7 Å². The molecule has 0 atom stereocenters. The lowest BCUT2D eigenvalue weighted by Crippen LogP contribution is -2.39. The van der Waals surface area contributed by atoms with Gasteiger partial charge in [-0.05, 0) is 62.7 Å². The molecule has 2 aromatic carbocycles. The van der Waals surface area contributed by atoms with E-state index in [1.54, 1.807) is 33.9 Å². The number of halogens is 1. The minimum Gasteiger partial charge on any atom is -0.493 e. The molecule has 1 N–H and O–H groups in total. The van der Waals surface area contributed by atoms with Crippen LogP contribution in [-0.4, -0.2) is 25.3 Å². The van der Waals surface area contributed by atoms with Crippen molar-refractivity contribution in [2.75, 3.05) is 19.0 Å². The summed E-state index contributed by atoms with van der Waals surface area (Å²) in [5.41, 5.74) is 0.877. The SMILES string of the molecule is CCOC(=O)C(C)(C)Oc1ccc(CNc2ccc(Cl)cc2)cc1OC. The zero-order chi connectivity index (χ0) is 19.2. The Morgan fingerprint density at radius 3 is 2.42 bits per heavy atom. The van der Waals surface area contributed by atoms with Crippen molar-refractivity contribution in [2.24, 2.45) is 0 Å². The number of ether oxygens (including phenoxy) is 3. The van der Waals surface area contributed by atoms with Gasteiger partial charge in [0.15, 0.2) is 17.1 Å². The fourth-order valence-electron chi connectivity index (χ4n) is 2.30. The fourth-order valence-corrected chi connectivity index (χ4v) is 2.43. The van der Waals surface area contributed by atoms with E-state index in [1.807, 2.05) is 36.4 Å². The molecule has 0 aliphatic carbocycles. The number of benzene rings is 2. The Morgan fingerprint density at radius 1 is 1.12 bits per heavy atom. The van der Waals surface area contributed by atoms with Crippen LogP contribution in [0.3, 0.4) is 0 Å². The number of carbonyl (C=O) groups is 1. The second kappa shape index (κ2) is 8.81. The van der Waals surface area contributed by atoms with Crippen molar-refractivity contribution >= 4 is 23.3 Å². The van der Waals surface area contributed by atoms with Crippen LogP contribution in [-0.2, 0) is 16.1 Å². The first-order chi connectivity index (χ1) is 12.4. The first kappa shape index (κ1) is 19.9. The van der Waals surface area contributed by atoms with Gasteiger partial charge in [0, 0.05) is 17.3 Å². The van der Waals surface area contributed by atoms with Crippen molar-refractivity contribution in [3.05, 3.63) is 53.1 Å². The number of carbonyl (C=O) groups excluding carboxylic acids is 1. The normalized spacial score (nSPS) is 11.0. The third-order valence-electron chi connectivity index (χ3n) is 3.70. The van der Waals surface area contributed by atoms with Crippen LogP contribution in [0.1, 0.15) is 26.3 Å². The van der Waals surface area contributed by atoms with Crippen LogP contribution in [0.15, 0.2) is 42.5 Å². The lowest BCUT2D eigenvalue weighted by molar-refractivity contribution is -0.158. The molecule has 2 rings (SSSR count). The van der Waals surface area contributed by atoms with Gasteiger partial charge in [-0.3, -0.25) is 0 Å². The van der Waals surface area contributed by atoms with Crippen LogP contribution in [0.4, 0.5) is 5.69 Å². The molecule has 0 saturated heterocycles. The Labute approximate surface area is 159 Å². The number of anilines is 1. The summed E-state index contributed by atoms with van der Waals surface area (Å²) in [5.74, 6) is 0.620. The zero-order valence-corrected chi connectivity index (χ0v) is 16.2. The van der Waals surface area contributed by atoms with Crippen molar-refractivity contribution in [1.29, 1.82) is 0 Å². The maximum absolute atomic E-state index is 12.0. The van der Waals surface area contributed by atoms with Gasteiger partial charge in [-0.25, -0.2) is 4.79 Å². The van der Waals surface area contributed by atoms with Crippen LogP contribution in [0, 0.1) is 0 Å². The van der Waals surface area contributed by atoms with Crippen LogP contribution in [0.2, 0.25) is 5.02 Å². The van der Waals surface area contributed by atoms with Gasteiger partial charge in [0.2, 0.25) is 0 Å². The molecular weight excluding hydrogens is 354 g/mol. The van der Waals surface area contributed by atoms with Crippen LogP contribution >= 0.6 is 11.6 Å². The summed E-state index contributed by atoms with van der Waals surface area (Å²) in [6, 6.07) is 13.1. The van der Waals surface area contributed by atoms with E-state index in [-0.39, 0.29) is 0 Å². The van der Waals surface area contributed by atoms with E-state index in [1.165, 1.54) is 0 Å². The summed E-state index contributed by atoms with van der Waals surface area (Å²) in [5, 5.41) is 4.01. The average Bonchev–Trinajstić information content (AvgIpc) is 2.62. The van der Waals surface area contributed by atoms with Crippen molar-refractivity contribution in [3.8, 4) is 11.5 Å². The molecule has 5 nitrogen and oxygen atoms in total. The van der Waals surface area contributed by atoms with Crippen molar-refractivity contribution in [1.82, 2.24) is 0 Å². The van der Waals surface area contributed by atoms with Crippen LogP contribution in [0.25, 0.3) is 0 Å². The predicted molar refractivity (Wildman–Crippen MR) is 103 cm³/mol. The molecule has 0 heterocycles. The molecule has 2 aromatic rings. The molecule has 0 spiro atoms. The monoisotopic (exact) mass is 377 g/mol. The molecule has 0 fully saturated rings. The molecule has 0 bridgehead atoms. The largest absolute Gasteiger partial charge is 0.493 e. The Balaban J connectivity index is 2.09. The maximum Gasteiger partial charge on any atom is 0.349 e. The fraction of sp³-hybridized carbons (Fsp3) is 0.350. The van der Waals surface area contributed by atoms with Gasteiger partial charge >= 0.3 is 5.97 Å². The second-order valence-corrected chi connectivity index (χ2v) is 6.61. The Kier molecular flexibility index (Phi) is 6.75. The molecule has 0 aromatic heterocycles. The summed E-state index contributed by atoms with van der Waals surface area (Å²) in [4.78, 5) is 12.0. The smallest absolute Gasteiger partial charge is 0.349 e. The molecule has 0 aliphatic rings. The molecule has 6 heteroatoms. The Bertz CT molecular complexity index is 744. The topological polar surface area (TPSA) is 56.8 Å². The summed E-state index contributed by atoms with van der Waals surface area (Å²) in [7, 11) is 1.57. The molecule has 0 saturated carbocycles. The van der Waals surface area contributed by atoms with Crippen molar-refractivity contribution in [3.63, 3.8) is 0 Å². The van der Waals surface area contributed by atoms with Gasteiger partial charge in [0.1, 0.15) is 0 Å². The molecule has 0 amide bonds. The Morgan fingerprint density at radius 2 is 1.81 bits per heavy atom. The summed E-state index contributed by atoms with van der Waals surface area (Å²) in [6.45, 7) is 6.01. The van der Waals surface area contributed by atoms with Gasteiger partial charge in [-0.1, -0.05) is 17.7 Å². The average molecular weight is 378 g/mol. The third-order valence-corrected chi connectivity index (χ3v) is 3.95. The number of hydrogen-bond acceptors (Lipinski definition) is 5. The van der Waals surface area contributed by atoms with Gasteiger partial charge in [-0.15, -0.1) is 0 Å². The molecular formula is C20H24ClNO4. The highest BCUT2D eigenvalue weighted by molar-refractivity contribution is 6.30. The second-order valence-electron chi connectivity index (χ2n) is 6.18. The highest BCUT2D eigenvalue weighted by atomic mass is 35.5. The molecule has 0 unspecified atom stereocenters. The first-order valence-electron chi connectivity index (χ1n) is 8.38. The van der Waals surface area contributed by atoms with Crippen LogP contribution in [0.5, 0.6) is 11.5 Å². The number of rotatable bonds is 8. The minimum absolute atomic E-state index is 0.304. The van der Waals surface area contributed by atoms with E-state index in [9.17, 15) is 4.79 Å². The van der Waals surface area contributed by atoms with E-state index >= 15 is 0 Å². The first-order valence-corrected chi connectivity index (χ1v) is 8.76. The predicted octanol–water partition coefficient (Wildman–Crippen LogP) is 4.68. The maximum atomic E-state index is 12.0. The molecule has 0 aliphatic heterocycles. The highest BCUT2D eigenvalue weighted by Crippen LogP contribution is 2.32. The lowest BCUT2D eigenvalue weighted by Gasteiger charge is -2.25. The van der Waals surface area contributed by atoms with Crippen molar-refractivity contribution in [2.45, 2.75) is 32.9 Å². The van der Waals surface area contributed by atoms with E-state index in [2.05, 4.69) is 5.32 Å². The molecule has 26 heavy (non-hydrogen) atoms. The lowest BCUT2D eigenvalue weighted by atomic mass is 10.1. The minimum atomic E-state index is -1.10. The standard InChI is InChI=1S/C20H24ClNO4/c1-5-25-19(23)20(2,3)26-17-11-6-14(12-18(17)24-4)13-22-16-9-7-15(21)8-10-16/h6-12,22H,5,13H2,1-4H3. The summed E-state index contributed by atoms with van der Waals surface area (Å²) < 4.78 is 16.3. The number of esters is 1. The van der Waals surface area contributed by atoms with E-state index < -0.39 is 11.6 Å². The third kappa shape index (κ3) is 5.30. The Hall–Kier alpha value is -2.40.